The van der Waals surface area contributed by atoms with Gasteiger partial charge in [0.1, 0.15) is 5.92 Å². The fourth-order valence-corrected chi connectivity index (χ4v) is 3.44. The molecule has 0 fully saturated rings. The van der Waals surface area contributed by atoms with Crippen molar-refractivity contribution < 1.29 is 9.90 Å². The van der Waals surface area contributed by atoms with Gasteiger partial charge in [-0.1, -0.05) is 45.9 Å². The predicted octanol–water partition coefficient (Wildman–Crippen LogP) is 4.19. The highest BCUT2D eigenvalue weighted by atomic mass is 16.4. The summed E-state index contributed by atoms with van der Waals surface area (Å²) in [6.07, 6.45) is 1.59. The fourth-order valence-electron chi connectivity index (χ4n) is 3.44. The minimum Gasteiger partial charge on any atom is -0.480 e. The van der Waals surface area contributed by atoms with Crippen LogP contribution in [0.4, 0.5) is 0 Å². The zero-order valence-electron chi connectivity index (χ0n) is 14.1. The highest BCUT2D eigenvalue weighted by Crippen LogP contribution is 2.47. The molecule has 0 saturated carbocycles. The third-order valence-corrected chi connectivity index (χ3v) is 5.63. The van der Waals surface area contributed by atoms with Gasteiger partial charge in [0, 0.05) is 35.3 Å². The maximum absolute atomic E-state index is 11.7. The standard InChI is InChI=1S/C19H24N2O2/c1-11(2)19(3,4)14-10-20-9-13(18(22)23)17-16(14)12-7-5-6-8-15(12)21-17/h5-9,11,13-14,21H,10H2,1-4H3,(H,22,23). The number of hydrogen-bond donors (Lipinski definition) is 2. The number of carbonyl (C=O) groups is 1. The number of H-pyrrole nitrogens is 1. The third kappa shape index (κ3) is 2.46. The van der Waals surface area contributed by atoms with Crippen LogP contribution >= 0.6 is 0 Å². The van der Waals surface area contributed by atoms with Gasteiger partial charge in [0.15, 0.2) is 0 Å². The van der Waals surface area contributed by atoms with Crippen molar-refractivity contribution in [1.29, 1.82) is 0 Å². The lowest BCUT2D eigenvalue weighted by atomic mass is 9.67. The Bertz CT molecular complexity index is 771. The molecule has 0 saturated heterocycles. The Kier molecular flexibility index (Phi) is 3.78. The van der Waals surface area contributed by atoms with Gasteiger partial charge in [-0.05, 0) is 23.0 Å². The molecule has 4 nitrogen and oxygen atoms in total. The molecular weight excluding hydrogens is 288 g/mol. The monoisotopic (exact) mass is 312 g/mol. The molecule has 2 atom stereocenters. The SMILES string of the molecule is CC(C)C(C)(C)C1CN=CC(C(=O)O)c2[nH]c3ccccc3c21. The van der Waals surface area contributed by atoms with Crippen molar-refractivity contribution in [1.82, 2.24) is 4.98 Å². The quantitative estimate of drug-likeness (QED) is 0.892. The number of carboxylic acid groups (broad SMARTS) is 1. The summed E-state index contributed by atoms with van der Waals surface area (Å²) in [4.78, 5) is 19.6. The summed E-state index contributed by atoms with van der Waals surface area (Å²) in [5.41, 5.74) is 2.94. The van der Waals surface area contributed by atoms with Gasteiger partial charge in [-0.25, -0.2) is 0 Å². The first-order chi connectivity index (χ1) is 10.8. The zero-order valence-corrected chi connectivity index (χ0v) is 14.1. The molecule has 0 aliphatic carbocycles. The zero-order chi connectivity index (χ0) is 16.8. The van der Waals surface area contributed by atoms with Crippen LogP contribution in [0.3, 0.4) is 0 Å². The number of hydrogen-bond acceptors (Lipinski definition) is 2. The Hall–Kier alpha value is -2.10. The summed E-state index contributed by atoms with van der Waals surface area (Å²) >= 11 is 0. The van der Waals surface area contributed by atoms with Gasteiger partial charge in [-0.3, -0.25) is 9.79 Å². The van der Waals surface area contributed by atoms with Crippen molar-refractivity contribution in [2.45, 2.75) is 39.5 Å². The van der Waals surface area contributed by atoms with Gasteiger partial charge in [0.05, 0.1) is 0 Å². The van der Waals surface area contributed by atoms with Gasteiger partial charge < -0.3 is 10.1 Å². The van der Waals surface area contributed by atoms with Crippen LogP contribution in [0.15, 0.2) is 29.3 Å². The number of aromatic amines is 1. The molecule has 2 N–H and O–H groups in total. The van der Waals surface area contributed by atoms with Gasteiger partial charge in [0.2, 0.25) is 0 Å². The van der Waals surface area contributed by atoms with E-state index in [4.69, 9.17) is 0 Å². The summed E-state index contributed by atoms with van der Waals surface area (Å²) in [6.45, 7) is 9.58. The molecule has 0 amide bonds. The molecule has 23 heavy (non-hydrogen) atoms. The van der Waals surface area contributed by atoms with E-state index in [1.165, 1.54) is 0 Å². The highest BCUT2D eigenvalue weighted by Gasteiger charge is 2.39. The molecule has 1 aromatic carbocycles. The summed E-state index contributed by atoms with van der Waals surface area (Å²) in [5.74, 6) is -0.908. The van der Waals surface area contributed by atoms with Gasteiger partial charge in [-0.15, -0.1) is 0 Å². The molecule has 1 aromatic heterocycles. The molecule has 2 aromatic rings. The number of aliphatic carboxylic acids is 1. The molecule has 0 spiro atoms. The lowest BCUT2D eigenvalue weighted by Crippen LogP contribution is -2.30. The molecule has 2 heterocycles. The van der Waals surface area contributed by atoms with E-state index in [9.17, 15) is 9.90 Å². The third-order valence-electron chi connectivity index (χ3n) is 5.63. The van der Waals surface area contributed by atoms with E-state index in [1.54, 1.807) is 6.21 Å². The van der Waals surface area contributed by atoms with Gasteiger partial charge in [-0.2, -0.15) is 0 Å². The number of benzene rings is 1. The largest absolute Gasteiger partial charge is 0.480 e. The second kappa shape index (κ2) is 5.52. The highest BCUT2D eigenvalue weighted by molar-refractivity contribution is 5.98. The topological polar surface area (TPSA) is 65.4 Å². The lowest BCUT2D eigenvalue weighted by molar-refractivity contribution is -0.137. The van der Waals surface area contributed by atoms with E-state index in [0.717, 1.165) is 22.2 Å². The Labute approximate surface area is 136 Å². The van der Waals surface area contributed by atoms with Crippen LogP contribution in [0.25, 0.3) is 10.9 Å². The average Bonchev–Trinajstić information content (AvgIpc) is 2.74. The molecule has 0 bridgehead atoms. The number of aromatic nitrogens is 1. The summed E-state index contributed by atoms with van der Waals surface area (Å²) in [6, 6.07) is 8.08. The van der Waals surface area contributed by atoms with Crippen molar-refractivity contribution in [3.05, 3.63) is 35.5 Å². The summed E-state index contributed by atoms with van der Waals surface area (Å²) < 4.78 is 0. The van der Waals surface area contributed by atoms with Crippen molar-refractivity contribution in [2.75, 3.05) is 6.54 Å². The number of nitrogens with one attached hydrogen (secondary N) is 1. The van der Waals surface area contributed by atoms with Crippen LogP contribution in [0.2, 0.25) is 0 Å². The van der Waals surface area contributed by atoms with Crippen molar-refractivity contribution in [3.8, 4) is 0 Å². The number of nitrogens with zero attached hydrogens (tertiary/aromatic N) is 1. The molecule has 4 heteroatoms. The Morgan fingerprint density at radius 3 is 2.70 bits per heavy atom. The normalized spacial score (nSPS) is 21.4. The second-order valence-corrected chi connectivity index (χ2v) is 7.36. The van der Waals surface area contributed by atoms with E-state index in [2.05, 4.69) is 43.7 Å². The number of aliphatic imine (C=N–C) groups is 1. The van der Waals surface area contributed by atoms with E-state index in [-0.39, 0.29) is 11.3 Å². The first-order valence-corrected chi connectivity index (χ1v) is 8.17. The number of carboxylic acids is 1. The first kappa shape index (κ1) is 15.8. The minimum atomic E-state index is -0.857. The smallest absolute Gasteiger partial charge is 0.318 e. The Morgan fingerprint density at radius 2 is 2.04 bits per heavy atom. The molecule has 122 valence electrons. The van der Waals surface area contributed by atoms with Gasteiger partial charge in [0.25, 0.3) is 0 Å². The van der Waals surface area contributed by atoms with Crippen molar-refractivity contribution >= 4 is 23.1 Å². The van der Waals surface area contributed by atoms with E-state index in [1.807, 2.05) is 18.2 Å². The Balaban J connectivity index is 2.29. The summed E-state index contributed by atoms with van der Waals surface area (Å²) in [5, 5.41) is 10.7. The fraction of sp³-hybridized carbons (Fsp3) is 0.474. The molecule has 2 unspecified atom stereocenters. The van der Waals surface area contributed by atoms with Crippen LogP contribution < -0.4 is 0 Å². The second-order valence-electron chi connectivity index (χ2n) is 7.36. The lowest BCUT2D eigenvalue weighted by Gasteiger charge is -2.37. The van der Waals surface area contributed by atoms with E-state index in [0.29, 0.717) is 12.5 Å². The van der Waals surface area contributed by atoms with Crippen LogP contribution in [-0.4, -0.2) is 28.8 Å². The van der Waals surface area contributed by atoms with Gasteiger partial charge >= 0.3 is 5.97 Å². The number of rotatable bonds is 3. The predicted molar refractivity (Wildman–Crippen MR) is 93.4 cm³/mol. The number of fused-ring (bicyclic) bond motifs is 3. The summed E-state index contributed by atoms with van der Waals surface area (Å²) in [7, 11) is 0. The van der Waals surface area contributed by atoms with Crippen LogP contribution in [-0.2, 0) is 4.79 Å². The molecule has 3 rings (SSSR count). The molecule has 0 radical (unpaired) electrons. The average molecular weight is 312 g/mol. The molecule has 1 aliphatic heterocycles. The van der Waals surface area contributed by atoms with E-state index >= 15 is 0 Å². The number of para-hydroxylation sites is 1. The van der Waals surface area contributed by atoms with Crippen LogP contribution in [0.1, 0.15) is 50.8 Å². The maximum atomic E-state index is 11.7. The Morgan fingerprint density at radius 1 is 1.35 bits per heavy atom. The van der Waals surface area contributed by atoms with Crippen LogP contribution in [0.5, 0.6) is 0 Å². The maximum Gasteiger partial charge on any atom is 0.318 e. The molecule has 1 aliphatic rings. The minimum absolute atomic E-state index is 0.0183. The van der Waals surface area contributed by atoms with E-state index < -0.39 is 11.9 Å². The first-order valence-electron chi connectivity index (χ1n) is 8.17. The molecular formula is C19H24N2O2. The van der Waals surface area contributed by atoms with Crippen molar-refractivity contribution in [2.24, 2.45) is 16.3 Å². The van der Waals surface area contributed by atoms with Crippen molar-refractivity contribution in [3.63, 3.8) is 0 Å². The van der Waals surface area contributed by atoms with Crippen LogP contribution in [0, 0.1) is 11.3 Å².